The predicted molar refractivity (Wildman–Crippen MR) is 79.2 cm³/mol. The molecule has 0 amide bonds. The quantitative estimate of drug-likeness (QED) is 0.943. The fraction of sp³-hybridized carbons (Fsp3) is 0.294. The van der Waals surface area contributed by atoms with Gasteiger partial charge in [0.2, 0.25) is 0 Å². The van der Waals surface area contributed by atoms with Crippen LogP contribution in [0.15, 0.2) is 36.4 Å². The van der Waals surface area contributed by atoms with Crippen molar-refractivity contribution in [2.75, 3.05) is 7.11 Å². The Labute approximate surface area is 123 Å². The van der Waals surface area contributed by atoms with Crippen LogP contribution in [0.5, 0.6) is 11.5 Å². The van der Waals surface area contributed by atoms with Crippen molar-refractivity contribution in [2.45, 2.75) is 25.5 Å². The minimum Gasteiger partial charge on any atom is -0.497 e. The molecular formula is C17H18FNO2. The molecule has 2 atom stereocenters. The van der Waals surface area contributed by atoms with Crippen LogP contribution in [-0.4, -0.2) is 13.2 Å². The average Bonchev–Trinajstić information content (AvgIpc) is 2.79. The first kappa shape index (κ1) is 13.9. The Bertz CT molecular complexity index is 672. The minimum atomic E-state index is -0.304. The Kier molecular flexibility index (Phi) is 3.55. The van der Waals surface area contributed by atoms with E-state index >= 15 is 0 Å². The normalized spacial score (nSPS) is 20.2. The molecule has 0 saturated heterocycles. The second kappa shape index (κ2) is 5.37. The molecule has 2 aromatic carbocycles. The van der Waals surface area contributed by atoms with Crippen LogP contribution >= 0.6 is 0 Å². The van der Waals surface area contributed by atoms with E-state index in [0.717, 1.165) is 28.9 Å². The Hall–Kier alpha value is -2.07. The smallest absolute Gasteiger partial charge is 0.126 e. The zero-order chi connectivity index (χ0) is 15.0. The fourth-order valence-corrected chi connectivity index (χ4v) is 2.72. The second-order valence-corrected chi connectivity index (χ2v) is 5.36. The molecule has 4 heteroatoms. The molecule has 0 heterocycles. The van der Waals surface area contributed by atoms with Crippen molar-refractivity contribution in [3.05, 3.63) is 58.9 Å². The average molecular weight is 287 g/mol. The van der Waals surface area contributed by atoms with Crippen molar-refractivity contribution in [1.82, 2.24) is 0 Å². The SMILES string of the molecule is COc1ccc2c(c1)C(N)C(Oc1cc(F)ccc1C)C2. The van der Waals surface area contributed by atoms with Gasteiger partial charge in [-0.3, -0.25) is 0 Å². The zero-order valence-corrected chi connectivity index (χ0v) is 12.1. The van der Waals surface area contributed by atoms with Crippen molar-refractivity contribution in [3.63, 3.8) is 0 Å². The molecule has 0 aliphatic heterocycles. The summed E-state index contributed by atoms with van der Waals surface area (Å²) >= 11 is 0. The summed E-state index contributed by atoms with van der Waals surface area (Å²) in [4.78, 5) is 0. The van der Waals surface area contributed by atoms with E-state index < -0.39 is 0 Å². The molecule has 3 rings (SSSR count). The van der Waals surface area contributed by atoms with Crippen molar-refractivity contribution in [3.8, 4) is 11.5 Å². The topological polar surface area (TPSA) is 44.5 Å². The van der Waals surface area contributed by atoms with Gasteiger partial charge in [-0.15, -0.1) is 0 Å². The summed E-state index contributed by atoms with van der Waals surface area (Å²) in [5.74, 6) is 1.03. The molecule has 110 valence electrons. The predicted octanol–water partition coefficient (Wildman–Crippen LogP) is 3.15. The molecule has 1 aliphatic rings. The van der Waals surface area contributed by atoms with E-state index in [1.807, 2.05) is 25.1 Å². The number of methoxy groups -OCH3 is 1. The van der Waals surface area contributed by atoms with Crippen LogP contribution in [0.2, 0.25) is 0 Å². The van der Waals surface area contributed by atoms with E-state index in [-0.39, 0.29) is 18.0 Å². The van der Waals surface area contributed by atoms with Gasteiger partial charge in [-0.2, -0.15) is 0 Å². The third-order valence-corrected chi connectivity index (χ3v) is 3.96. The van der Waals surface area contributed by atoms with Gasteiger partial charge in [-0.05, 0) is 41.8 Å². The van der Waals surface area contributed by atoms with Gasteiger partial charge in [0.1, 0.15) is 23.4 Å². The van der Waals surface area contributed by atoms with Gasteiger partial charge < -0.3 is 15.2 Å². The molecule has 2 N–H and O–H groups in total. The number of benzene rings is 2. The fourth-order valence-electron chi connectivity index (χ4n) is 2.72. The number of fused-ring (bicyclic) bond motifs is 1. The summed E-state index contributed by atoms with van der Waals surface area (Å²) in [7, 11) is 1.63. The van der Waals surface area contributed by atoms with E-state index in [1.54, 1.807) is 13.2 Å². The van der Waals surface area contributed by atoms with Crippen LogP contribution in [0.3, 0.4) is 0 Å². The van der Waals surface area contributed by atoms with Gasteiger partial charge >= 0.3 is 0 Å². The van der Waals surface area contributed by atoms with Crippen molar-refractivity contribution < 1.29 is 13.9 Å². The summed E-state index contributed by atoms with van der Waals surface area (Å²) in [6.07, 6.45) is 0.531. The largest absolute Gasteiger partial charge is 0.497 e. The zero-order valence-electron chi connectivity index (χ0n) is 12.1. The molecule has 2 unspecified atom stereocenters. The van der Waals surface area contributed by atoms with Crippen LogP contribution in [0.1, 0.15) is 22.7 Å². The van der Waals surface area contributed by atoms with Crippen LogP contribution in [0.4, 0.5) is 4.39 Å². The molecule has 0 aromatic heterocycles. The molecule has 0 bridgehead atoms. The van der Waals surface area contributed by atoms with Crippen LogP contribution < -0.4 is 15.2 Å². The molecule has 3 nitrogen and oxygen atoms in total. The van der Waals surface area contributed by atoms with E-state index in [1.165, 1.54) is 12.1 Å². The van der Waals surface area contributed by atoms with Gasteiger partial charge in [0.05, 0.1) is 13.2 Å². The van der Waals surface area contributed by atoms with Crippen molar-refractivity contribution in [1.29, 1.82) is 0 Å². The minimum absolute atomic E-state index is 0.187. The highest BCUT2D eigenvalue weighted by Crippen LogP contribution is 2.35. The summed E-state index contributed by atoms with van der Waals surface area (Å²) in [6.45, 7) is 1.89. The van der Waals surface area contributed by atoms with Gasteiger partial charge in [-0.25, -0.2) is 4.39 Å². The number of hydrogen-bond donors (Lipinski definition) is 1. The Morgan fingerprint density at radius 1 is 1.19 bits per heavy atom. The van der Waals surface area contributed by atoms with Gasteiger partial charge in [0.25, 0.3) is 0 Å². The summed E-state index contributed by atoms with van der Waals surface area (Å²) in [6, 6.07) is 10.2. The van der Waals surface area contributed by atoms with E-state index in [0.29, 0.717) is 5.75 Å². The van der Waals surface area contributed by atoms with Gasteiger partial charge in [0.15, 0.2) is 0 Å². The lowest BCUT2D eigenvalue weighted by Crippen LogP contribution is -2.28. The molecule has 0 spiro atoms. The molecule has 21 heavy (non-hydrogen) atoms. The highest BCUT2D eigenvalue weighted by Gasteiger charge is 2.32. The van der Waals surface area contributed by atoms with E-state index in [2.05, 4.69) is 0 Å². The van der Waals surface area contributed by atoms with Gasteiger partial charge in [0, 0.05) is 12.5 Å². The molecule has 2 aromatic rings. The first-order chi connectivity index (χ1) is 10.1. The van der Waals surface area contributed by atoms with Gasteiger partial charge in [-0.1, -0.05) is 12.1 Å². The van der Waals surface area contributed by atoms with Crippen molar-refractivity contribution >= 4 is 0 Å². The Balaban J connectivity index is 1.84. The van der Waals surface area contributed by atoms with E-state index in [4.69, 9.17) is 15.2 Å². The number of halogens is 1. The summed E-state index contributed by atoms with van der Waals surface area (Å²) < 4.78 is 24.5. The standard InChI is InChI=1S/C17H18FNO2/c1-10-3-5-12(18)8-15(10)21-16-7-11-4-6-13(20-2)9-14(11)17(16)19/h3-6,8-9,16-17H,7,19H2,1-2H3. The molecule has 0 saturated carbocycles. The van der Waals surface area contributed by atoms with Crippen molar-refractivity contribution in [2.24, 2.45) is 5.73 Å². The maximum atomic E-state index is 13.4. The Morgan fingerprint density at radius 2 is 2.00 bits per heavy atom. The number of ether oxygens (including phenoxy) is 2. The maximum Gasteiger partial charge on any atom is 0.126 e. The number of rotatable bonds is 3. The third kappa shape index (κ3) is 2.59. The third-order valence-electron chi connectivity index (χ3n) is 3.96. The van der Waals surface area contributed by atoms with Crippen LogP contribution in [-0.2, 0) is 6.42 Å². The first-order valence-electron chi connectivity index (χ1n) is 6.93. The molecule has 1 aliphatic carbocycles. The monoisotopic (exact) mass is 287 g/mol. The van der Waals surface area contributed by atoms with E-state index in [9.17, 15) is 4.39 Å². The number of hydrogen-bond acceptors (Lipinski definition) is 3. The van der Waals surface area contributed by atoms with Crippen LogP contribution in [0.25, 0.3) is 0 Å². The molecular weight excluding hydrogens is 269 g/mol. The first-order valence-corrected chi connectivity index (χ1v) is 6.93. The maximum absolute atomic E-state index is 13.4. The lowest BCUT2D eigenvalue weighted by molar-refractivity contribution is 0.183. The second-order valence-electron chi connectivity index (χ2n) is 5.36. The number of aryl methyl sites for hydroxylation is 1. The Morgan fingerprint density at radius 3 is 2.76 bits per heavy atom. The number of nitrogens with two attached hydrogens (primary N) is 1. The highest BCUT2D eigenvalue weighted by atomic mass is 19.1. The molecule has 0 fully saturated rings. The van der Waals surface area contributed by atoms with Crippen LogP contribution in [0, 0.1) is 12.7 Å². The lowest BCUT2D eigenvalue weighted by Gasteiger charge is -2.20. The lowest BCUT2D eigenvalue weighted by atomic mass is 10.1. The summed E-state index contributed by atoms with van der Waals surface area (Å²) in [5, 5.41) is 0. The highest BCUT2D eigenvalue weighted by molar-refractivity contribution is 5.43. The summed E-state index contributed by atoms with van der Waals surface area (Å²) in [5.41, 5.74) is 9.37. The molecule has 0 radical (unpaired) electrons.